The van der Waals surface area contributed by atoms with Gasteiger partial charge in [0.05, 0.1) is 28.1 Å². The van der Waals surface area contributed by atoms with Crippen molar-refractivity contribution >= 4 is 38.8 Å². The summed E-state index contributed by atoms with van der Waals surface area (Å²) < 4.78 is 32.1. The molecule has 0 amide bonds. The van der Waals surface area contributed by atoms with Gasteiger partial charge in [-0.05, 0) is 94.8 Å². The van der Waals surface area contributed by atoms with Crippen LogP contribution in [0.1, 0.15) is 31.9 Å². The second kappa shape index (κ2) is 13.2. The molecule has 1 aliphatic rings. The summed E-state index contributed by atoms with van der Waals surface area (Å²) in [5, 5.41) is 6.04. The van der Waals surface area contributed by atoms with Crippen molar-refractivity contribution in [1.82, 2.24) is 19.9 Å². The Balaban J connectivity index is 1.47. The highest BCUT2D eigenvalue weighted by molar-refractivity contribution is 7.92. The number of likely N-dealkylation sites (N-methyl/N-ethyl adjacent to an activating group) is 1. The average Bonchev–Trinajstić information content (AvgIpc) is 3.00. The number of rotatable bonds is 10. The topological polar surface area (TPSA) is 113 Å². The van der Waals surface area contributed by atoms with Crippen molar-refractivity contribution in [3.8, 4) is 16.9 Å². The van der Waals surface area contributed by atoms with Crippen molar-refractivity contribution in [2.45, 2.75) is 44.8 Å². The lowest BCUT2D eigenvalue weighted by Gasteiger charge is -2.33. The number of nitrogens with zero attached hydrogens (tertiary/aromatic N) is 5. The molecule has 10 nitrogen and oxygen atoms in total. The largest absolute Gasteiger partial charge is 0.492 e. The van der Waals surface area contributed by atoms with Crippen LogP contribution in [-0.2, 0) is 9.84 Å². The minimum Gasteiger partial charge on any atom is -0.492 e. The van der Waals surface area contributed by atoms with Gasteiger partial charge in [-0.25, -0.2) is 18.4 Å². The molecule has 2 N–H and O–H groups in total. The predicted octanol–water partition coefficient (Wildman–Crippen LogP) is 5.98. The third-order valence-electron chi connectivity index (χ3n) is 7.80. The number of piperazine rings is 1. The summed E-state index contributed by atoms with van der Waals surface area (Å²) in [4.78, 5) is 18.8. The monoisotopic (exact) mass is 615 g/mol. The summed E-state index contributed by atoms with van der Waals surface area (Å²) in [6.45, 7) is 13.7. The molecule has 11 heteroatoms. The highest BCUT2D eigenvalue weighted by Crippen LogP contribution is 2.37. The molecule has 2 aromatic heterocycles. The minimum absolute atomic E-state index is 0.234. The quantitative estimate of drug-likeness (QED) is 0.221. The van der Waals surface area contributed by atoms with Crippen molar-refractivity contribution in [1.29, 1.82) is 0 Å². The van der Waals surface area contributed by atoms with Crippen LogP contribution in [0.4, 0.5) is 29.0 Å². The first-order chi connectivity index (χ1) is 21.1. The molecule has 1 fully saturated rings. The van der Waals surface area contributed by atoms with E-state index in [1.807, 2.05) is 32.2 Å². The molecule has 0 radical (unpaired) electrons. The molecule has 0 aliphatic carbocycles. The summed E-state index contributed by atoms with van der Waals surface area (Å²) in [6, 6.07) is 15.1. The second-order valence-corrected chi connectivity index (χ2v) is 13.8. The van der Waals surface area contributed by atoms with Crippen LogP contribution < -0.4 is 20.3 Å². The first-order valence-electron chi connectivity index (χ1n) is 14.9. The van der Waals surface area contributed by atoms with Gasteiger partial charge < -0.3 is 25.2 Å². The van der Waals surface area contributed by atoms with Gasteiger partial charge in [-0.2, -0.15) is 4.98 Å². The predicted molar refractivity (Wildman–Crippen MR) is 177 cm³/mol. The number of benzene rings is 2. The van der Waals surface area contributed by atoms with Crippen LogP contribution in [0.5, 0.6) is 5.75 Å². The molecule has 1 saturated heterocycles. The Hall–Kier alpha value is -4.22. The van der Waals surface area contributed by atoms with Gasteiger partial charge in [0.15, 0.2) is 9.84 Å². The molecule has 0 saturated carbocycles. The first kappa shape index (κ1) is 31.2. The number of sulfone groups is 1. The Kier molecular flexibility index (Phi) is 9.36. The van der Waals surface area contributed by atoms with Crippen molar-refractivity contribution in [3.63, 3.8) is 0 Å². The molecule has 0 bridgehead atoms. The smallest absolute Gasteiger partial charge is 0.229 e. The van der Waals surface area contributed by atoms with E-state index >= 15 is 0 Å². The number of nitrogens with one attached hydrogen (secondary N) is 2. The highest BCUT2D eigenvalue weighted by atomic mass is 32.2. The van der Waals surface area contributed by atoms with Crippen molar-refractivity contribution in [3.05, 3.63) is 72.1 Å². The normalized spacial score (nSPS) is 14.1. The Labute approximate surface area is 260 Å². The van der Waals surface area contributed by atoms with E-state index in [2.05, 4.69) is 56.5 Å². The van der Waals surface area contributed by atoms with Gasteiger partial charge in [0, 0.05) is 44.1 Å². The van der Waals surface area contributed by atoms with Crippen LogP contribution in [0.15, 0.2) is 65.8 Å². The van der Waals surface area contributed by atoms with Crippen LogP contribution in [0.2, 0.25) is 0 Å². The van der Waals surface area contributed by atoms with E-state index < -0.39 is 15.1 Å². The molecular formula is C33H41N7O3S. The number of hydrogen-bond acceptors (Lipinski definition) is 10. The SMILES string of the molecule is CCOc1cc(C)c(-c2ccnc(N3CCN(C)CC3)c2)cc1Nc1ncc(C)c(Nc2ccccc2S(=O)(=O)C(C)C)n1. The molecule has 0 unspecified atom stereocenters. The standard InChI is InChI=1S/C33H41N7O3S/c1-7-43-29-18-23(4)26(25-12-13-34-31(19-25)40-16-14-39(6)15-17-40)20-28(29)37-33-35-21-24(5)32(38-33)36-27-10-8-9-11-30(27)44(41,42)22(2)3/h8-13,18-22H,7,14-17H2,1-6H3,(H2,35,36,37,38). The van der Waals surface area contributed by atoms with Crippen LogP contribution in [0.3, 0.4) is 0 Å². The number of anilines is 5. The van der Waals surface area contributed by atoms with Gasteiger partial charge in [0.2, 0.25) is 5.95 Å². The molecule has 3 heterocycles. The number of ether oxygens (including phenoxy) is 1. The third-order valence-corrected chi connectivity index (χ3v) is 10.0. The van der Waals surface area contributed by atoms with E-state index in [-0.39, 0.29) is 4.90 Å². The molecule has 232 valence electrons. The van der Waals surface area contributed by atoms with Crippen molar-refractivity contribution in [2.24, 2.45) is 0 Å². The summed E-state index contributed by atoms with van der Waals surface area (Å²) in [7, 11) is -1.36. The molecular weight excluding hydrogens is 574 g/mol. The van der Waals surface area contributed by atoms with E-state index in [9.17, 15) is 8.42 Å². The molecule has 4 aromatic rings. The summed E-state index contributed by atoms with van der Waals surface area (Å²) >= 11 is 0. The van der Waals surface area contributed by atoms with Gasteiger partial charge in [-0.1, -0.05) is 12.1 Å². The molecule has 1 aliphatic heterocycles. The average molecular weight is 616 g/mol. The highest BCUT2D eigenvalue weighted by Gasteiger charge is 2.23. The van der Waals surface area contributed by atoms with E-state index in [1.54, 1.807) is 44.3 Å². The Morgan fingerprint density at radius 1 is 0.932 bits per heavy atom. The van der Waals surface area contributed by atoms with Gasteiger partial charge in [-0.15, -0.1) is 0 Å². The summed E-state index contributed by atoms with van der Waals surface area (Å²) in [5.41, 5.74) is 5.15. The lowest BCUT2D eigenvalue weighted by molar-refractivity contribution is 0.312. The fourth-order valence-corrected chi connectivity index (χ4v) is 6.31. The lowest BCUT2D eigenvalue weighted by atomic mass is 9.99. The maximum atomic E-state index is 13.0. The molecule has 0 atom stereocenters. The zero-order valence-corrected chi connectivity index (χ0v) is 27.1. The van der Waals surface area contributed by atoms with E-state index in [0.717, 1.165) is 59.9 Å². The third kappa shape index (κ3) is 6.79. The first-order valence-corrected chi connectivity index (χ1v) is 16.5. The van der Waals surface area contributed by atoms with Crippen LogP contribution in [-0.4, -0.2) is 73.4 Å². The van der Waals surface area contributed by atoms with Crippen molar-refractivity contribution < 1.29 is 13.2 Å². The number of pyridine rings is 1. The molecule has 44 heavy (non-hydrogen) atoms. The maximum absolute atomic E-state index is 13.0. The molecule has 2 aromatic carbocycles. The lowest BCUT2D eigenvalue weighted by Crippen LogP contribution is -2.44. The van der Waals surface area contributed by atoms with E-state index in [0.29, 0.717) is 29.8 Å². The Morgan fingerprint density at radius 3 is 2.41 bits per heavy atom. The van der Waals surface area contributed by atoms with Crippen LogP contribution in [0, 0.1) is 13.8 Å². The van der Waals surface area contributed by atoms with Gasteiger partial charge in [0.25, 0.3) is 0 Å². The minimum atomic E-state index is -3.51. The van der Waals surface area contributed by atoms with E-state index in [1.165, 1.54) is 0 Å². The molecule has 0 spiro atoms. The Bertz CT molecular complexity index is 1740. The van der Waals surface area contributed by atoms with Gasteiger partial charge >= 0.3 is 0 Å². The number of para-hydroxylation sites is 1. The summed E-state index contributed by atoms with van der Waals surface area (Å²) in [6.07, 6.45) is 3.57. The van der Waals surface area contributed by atoms with Crippen LogP contribution in [0.25, 0.3) is 11.1 Å². The molecule has 5 rings (SSSR count). The second-order valence-electron chi connectivity index (χ2n) is 11.4. The zero-order chi connectivity index (χ0) is 31.4. The fraction of sp³-hybridized carbons (Fsp3) is 0.364. The Morgan fingerprint density at radius 2 is 1.68 bits per heavy atom. The zero-order valence-electron chi connectivity index (χ0n) is 26.3. The maximum Gasteiger partial charge on any atom is 0.229 e. The number of aromatic nitrogens is 3. The van der Waals surface area contributed by atoms with Gasteiger partial charge in [0.1, 0.15) is 17.4 Å². The van der Waals surface area contributed by atoms with Crippen LogP contribution >= 0.6 is 0 Å². The number of hydrogen-bond donors (Lipinski definition) is 2. The van der Waals surface area contributed by atoms with Gasteiger partial charge in [-0.3, -0.25) is 0 Å². The van der Waals surface area contributed by atoms with E-state index in [4.69, 9.17) is 9.72 Å². The fourth-order valence-electron chi connectivity index (χ4n) is 5.11. The summed E-state index contributed by atoms with van der Waals surface area (Å²) in [5.74, 6) is 2.51. The number of aryl methyl sites for hydroxylation is 2. The van der Waals surface area contributed by atoms with Crippen molar-refractivity contribution in [2.75, 3.05) is 55.4 Å².